The molecule has 0 aromatic heterocycles. The van der Waals surface area contributed by atoms with Gasteiger partial charge < -0.3 is 10.6 Å². The number of hydrogen-bond acceptors (Lipinski definition) is 2. The summed E-state index contributed by atoms with van der Waals surface area (Å²) in [5.74, 6) is -0.0201. The summed E-state index contributed by atoms with van der Waals surface area (Å²) in [4.78, 5) is 12.0. The van der Waals surface area contributed by atoms with Crippen molar-refractivity contribution in [2.45, 2.75) is 6.42 Å². The molecule has 0 spiro atoms. The van der Waals surface area contributed by atoms with Crippen LogP contribution in [0.4, 0.5) is 5.69 Å². The molecule has 0 fully saturated rings. The Balaban J connectivity index is 1.46. The number of anilines is 1. The maximum atomic E-state index is 12.0. The first-order valence-electron chi connectivity index (χ1n) is 7.84. The standard InChI is InChI=1S/C20H20N2O/c23-20(15-21-13-12-16-6-2-1-3-7-16)22-19-11-10-17-8-4-5-9-18(17)14-19/h1-11,14,21H,12-13,15H2,(H,22,23). The zero-order chi connectivity index (χ0) is 15.9. The second-order valence-electron chi connectivity index (χ2n) is 5.52. The maximum Gasteiger partial charge on any atom is 0.238 e. The fourth-order valence-electron chi connectivity index (χ4n) is 2.55. The van der Waals surface area contributed by atoms with Gasteiger partial charge in [0.1, 0.15) is 0 Å². The van der Waals surface area contributed by atoms with Crippen molar-refractivity contribution in [3.63, 3.8) is 0 Å². The Kier molecular flexibility index (Phi) is 5.02. The molecule has 0 heterocycles. The van der Waals surface area contributed by atoms with E-state index in [-0.39, 0.29) is 5.91 Å². The highest BCUT2D eigenvalue weighted by molar-refractivity contribution is 5.95. The van der Waals surface area contributed by atoms with Gasteiger partial charge in [-0.05, 0) is 41.4 Å². The number of carbonyl (C=O) groups is 1. The molecule has 0 saturated heterocycles. The zero-order valence-electron chi connectivity index (χ0n) is 13.0. The molecule has 2 N–H and O–H groups in total. The van der Waals surface area contributed by atoms with E-state index < -0.39 is 0 Å². The van der Waals surface area contributed by atoms with Crippen LogP contribution in [0.1, 0.15) is 5.56 Å². The van der Waals surface area contributed by atoms with Crippen LogP contribution in [0.5, 0.6) is 0 Å². The van der Waals surface area contributed by atoms with Crippen LogP contribution in [0.2, 0.25) is 0 Å². The van der Waals surface area contributed by atoms with Crippen molar-refractivity contribution in [2.24, 2.45) is 0 Å². The molecular formula is C20H20N2O. The predicted octanol–water partition coefficient (Wildman–Crippen LogP) is 3.61. The van der Waals surface area contributed by atoms with Gasteiger partial charge in [0.25, 0.3) is 0 Å². The molecule has 0 radical (unpaired) electrons. The molecule has 3 heteroatoms. The number of rotatable bonds is 6. The van der Waals surface area contributed by atoms with E-state index in [1.807, 2.05) is 54.6 Å². The number of benzene rings is 3. The van der Waals surface area contributed by atoms with Gasteiger partial charge in [0, 0.05) is 5.69 Å². The van der Waals surface area contributed by atoms with Gasteiger partial charge in [-0.2, -0.15) is 0 Å². The van der Waals surface area contributed by atoms with E-state index >= 15 is 0 Å². The van der Waals surface area contributed by atoms with Crippen LogP contribution in [0.25, 0.3) is 10.8 Å². The van der Waals surface area contributed by atoms with E-state index in [0.29, 0.717) is 6.54 Å². The highest BCUT2D eigenvalue weighted by atomic mass is 16.1. The summed E-state index contributed by atoms with van der Waals surface area (Å²) in [5, 5.41) is 8.41. The van der Waals surface area contributed by atoms with Crippen molar-refractivity contribution in [2.75, 3.05) is 18.4 Å². The lowest BCUT2D eigenvalue weighted by atomic mass is 10.1. The third kappa shape index (κ3) is 4.41. The second kappa shape index (κ2) is 7.56. The Morgan fingerprint density at radius 1 is 0.826 bits per heavy atom. The third-order valence-electron chi connectivity index (χ3n) is 3.75. The minimum atomic E-state index is -0.0201. The van der Waals surface area contributed by atoms with Crippen molar-refractivity contribution in [1.29, 1.82) is 0 Å². The quantitative estimate of drug-likeness (QED) is 0.683. The lowest BCUT2D eigenvalue weighted by molar-refractivity contribution is -0.115. The van der Waals surface area contributed by atoms with Crippen molar-refractivity contribution in [3.8, 4) is 0 Å². The molecular weight excluding hydrogens is 284 g/mol. The number of fused-ring (bicyclic) bond motifs is 1. The summed E-state index contributed by atoms with van der Waals surface area (Å²) < 4.78 is 0. The van der Waals surface area contributed by atoms with E-state index in [2.05, 4.69) is 28.8 Å². The van der Waals surface area contributed by atoms with Crippen LogP contribution < -0.4 is 10.6 Å². The highest BCUT2D eigenvalue weighted by Crippen LogP contribution is 2.18. The first-order valence-corrected chi connectivity index (χ1v) is 7.84. The molecule has 3 rings (SSSR count). The Morgan fingerprint density at radius 2 is 1.57 bits per heavy atom. The molecule has 0 atom stereocenters. The Labute approximate surface area is 136 Å². The molecule has 3 aromatic carbocycles. The van der Waals surface area contributed by atoms with E-state index in [0.717, 1.165) is 24.0 Å². The number of hydrogen-bond donors (Lipinski definition) is 2. The van der Waals surface area contributed by atoms with Crippen LogP contribution >= 0.6 is 0 Å². The first kappa shape index (κ1) is 15.3. The van der Waals surface area contributed by atoms with Crippen LogP contribution in [-0.4, -0.2) is 19.0 Å². The van der Waals surface area contributed by atoms with Gasteiger partial charge in [-0.25, -0.2) is 0 Å². The summed E-state index contributed by atoms with van der Waals surface area (Å²) >= 11 is 0. The van der Waals surface area contributed by atoms with Gasteiger partial charge in [0.2, 0.25) is 5.91 Å². The van der Waals surface area contributed by atoms with Crippen molar-refractivity contribution >= 4 is 22.4 Å². The van der Waals surface area contributed by atoms with Crippen molar-refractivity contribution < 1.29 is 4.79 Å². The van der Waals surface area contributed by atoms with Crippen LogP contribution in [-0.2, 0) is 11.2 Å². The predicted molar refractivity (Wildman–Crippen MR) is 95.6 cm³/mol. The summed E-state index contributed by atoms with van der Waals surface area (Å²) in [5.41, 5.74) is 2.11. The fourth-order valence-corrected chi connectivity index (χ4v) is 2.55. The molecule has 0 saturated carbocycles. The molecule has 23 heavy (non-hydrogen) atoms. The number of amides is 1. The number of carbonyl (C=O) groups excluding carboxylic acids is 1. The van der Waals surface area contributed by atoms with Gasteiger partial charge in [0.05, 0.1) is 6.54 Å². The molecule has 3 nitrogen and oxygen atoms in total. The Hall–Kier alpha value is -2.65. The van der Waals surface area contributed by atoms with Gasteiger partial charge in [-0.15, -0.1) is 0 Å². The van der Waals surface area contributed by atoms with Gasteiger partial charge >= 0.3 is 0 Å². The molecule has 0 aliphatic rings. The molecule has 0 unspecified atom stereocenters. The van der Waals surface area contributed by atoms with E-state index in [4.69, 9.17) is 0 Å². The zero-order valence-corrected chi connectivity index (χ0v) is 13.0. The summed E-state index contributed by atoms with van der Waals surface area (Å²) in [6, 6.07) is 24.3. The van der Waals surface area contributed by atoms with Gasteiger partial charge in [0.15, 0.2) is 0 Å². The molecule has 0 aliphatic heterocycles. The third-order valence-corrected chi connectivity index (χ3v) is 3.75. The monoisotopic (exact) mass is 304 g/mol. The maximum absolute atomic E-state index is 12.0. The van der Waals surface area contributed by atoms with Crippen LogP contribution in [0, 0.1) is 0 Å². The van der Waals surface area contributed by atoms with Crippen LogP contribution in [0.3, 0.4) is 0 Å². The van der Waals surface area contributed by atoms with E-state index in [1.54, 1.807) is 0 Å². The topological polar surface area (TPSA) is 41.1 Å². The van der Waals surface area contributed by atoms with Crippen molar-refractivity contribution in [3.05, 3.63) is 78.4 Å². The SMILES string of the molecule is O=C(CNCCc1ccccc1)Nc1ccc2ccccc2c1. The highest BCUT2D eigenvalue weighted by Gasteiger charge is 2.02. The lowest BCUT2D eigenvalue weighted by Gasteiger charge is -2.08. The number of nitrogens with one attached hydrogen (secondary N) is 2. The van der Waals surface area contributed by atoms with E-state index in [1.165, 1.54) is 10.9 Å². The molecule has 116 valence electrons. The minimum absolute atomic E-state index is 0.0201. The fraction of sp³-hybridized carbons (Fsp3) is 0.150. The summed E-state index contributed by atoms with van der Waals surface area (Å²) in [6.45, 7) is 1.11. The smallest absolute Gasteiger partial charge is 0.238 e. The van der Waals surface area contributed by atoms with Crippen molar-refractivity contribution in [1.82, 2.24) is 5.32 Å². The summed E-state index contributed by atoms with van der Waals surface area (Å²) in [7, 11) is 0. The van der Waals surface area contributed by atoms with Crippen LogP contribution in [0.15, 0.2) is 72.8 Å². The average molecular weight is 304 g/mol. The molecule has 0 bridgehead atoms. The molecule has 0 aliphatic carbocycles. The Bertz CT molecular complexity index is 784. The molecule has 3 aromatic rings. The first-order chi connectivity index (χ1) is 11.3. The lowest BCUT2D eigenvalue weighted by Crippen LogP contribution is -2.29. The van der Waals surface area contributed by atoms with E-state index in [9.17, 15) is 4.79 Å². The van der Waals surface area contributed by atoms with Gasteiger partial charge in [-0.3, -0.25) is 4.79 Å². The Morgan fingerprint density at radius 3 is 2.39 bits per heavy atom. The largest absolute Gasteiger partial charge is 0.325 e. The minimum Gasteiger partial charge on any atom is -0.325 e. The summed E-state index contributed by atoms with van der Waals surface area (Å²) in [6.07, 6.45) is 0.921. The normalized spacial score (nSPS) is 10.6. The second-order valence-corrected chi connectivity index (χ2v) is 5.52. The molecule has 1 amide bonds. The van der Waals surface area contributed by atoms with Gasteiger partial charge in [-0.1, -0.05) is 60.7 Å². The average Bonchev–Trinajstić information content (AvgIpc) is 2.59.